The Kier molecular flexibility index (Phi) is 5.68. The van der Waals surface area contributed by atoms with Crippen molar-refractivity contribution in [1.82, 2.24) is 4.90 Å². The number of hydrogen-bond donors (Lipinski definition) is 1. The molecule has 112 valence electrons. The van der Waals surface area contributed by atoms with Gasteiger partial charge in [-0.3, -0.25) is 0 Å². The number of methoxy groups -OCH3 is 1. The minimum Gasteiger partial charge on any atom is -0.497 e. The van der Waals surface area contributed by atoms with Crippen LogP contribution in [0.2, 0.25) is 0 Å². The predicted molar refractivity (Wildman–Crippen MR) is 79.3 cm³/mol. The molecule has 0 amide bonds. The molecule has 2 unspecified atom stereocenters. The molecule has 4 heteroatoms. The fraction of sp³-hybridized carbons (Fsp3) is 0.625. The van der Waals surface area contributed by atoms with E-state index in [9.17, 15) is 5.11 Å². The van der Waals surface area contributed by atoms with Gasteiger partial charge in [-0.25, -0.2) is 0 Å². The van der Waals surface area contributed by atoms with Gasteiger partial charge in [-0.2, -0.15) is 0 Å². The van der Waals surface area contributed by atoms with Crippen LogP contribution >= 0.6 is 0 Å². The number of ether oxygens (including phenoxy) is 2. The largest absolute Gasteiger partial charge is 0.497 e. The van der Waals surface area contributed by atoms with Gasteiger partial charge in [0.05, 0.1) is 13.2 Å². The van der Waals surface area contributed by atoms with Gasteiger partial charge in [-0.15, -0.1) is 0 Å². The molecule has 1 aliphatic carbocycles. The SMILES string of the molecule is COc1ccc(OCCN(C)CC2CCCC2O)cc1. The Morgan fingerprint density at radius 2 is 1.90 bits per heavy atom. The van der Waals surface area contributed by atoms with E-state index < -0.39 is 0 Å². The smallest absolute Gasteiger partial charge is 0.119 e. The van der Waals surface area contributed by atoms with E-state index in [1.165, 1.54) is 0 Å². The summed E-state index contributed by atoms with van der Waals surface area (Å²) in [7, 11) is 3.74. The molecule has 1 aromatic rings. The predicted octanol–water partition coefficient (Wildman–Crippen LogP) is 2.17. The molecule has 0 radical (unpaired) electrons. The summed E-state index contributed by atoms with van der Waals surface area (Å²) >= 11 is 0. The van der Waals surface area contributed by atoms with Crippen molar-refractivity contribution in [3.63, 3.8) is 0 Å². The van der Waals surface area contributed by atoms with Crippen molar-refractivity contribution in [2.45, 2.75) is 25.4 Å². The Morgan fingerprint density at radius 1 is 1.20 bits per heavy atom. The van der Waals surface area contributed by atoms with Crippen molar-refractivity contribution in [1.29, 1.82) is 0 Å². The molecular formula is C16H25NO3. The van der Waals surface area contributed by atoms with Crippen LogP contribution in [-0.2, 0) is 0 Å². The van der Waals surface area contributed by atoms with Crippen LogP contribution in [0.25, 0.3) is 0 Å². The summed E-state index contributed by atoms with van der Waals surface area (Å²) < 4.78 is 10.8. The van der Waals surface area contributed by atoms with Crippen LogP contribution in [0, 0.1) is 5.92 Å². The molecule has 1 aromatic carbocycles. The average Bonchev–Trinajstić information content (AvgIpc) is 2.85. The Bertz CT molecular complexity index is 393. The maximum absolute atomic E-state index is 9.82. The molecule has 1 N–H and O–H groups in total. The van der Waals surface area contributed by atoms with E-state index in [1.807, 2.05) is 24.3 Å². The normalized spacial score (nSPS) is 22.2. The first-order chi connectivity index (χ1) is 9.69. The molecule has 2 atom stereocenters. The van der Waals surface area contributed by atoms with E-state index >= 15 is 0 Å². The Morgan fingerprint density at radius 3 is 2.50 bits per heavy atom. The Labute approximate surface area is 121 Å². The van der Waals surface area contributed by atoms with Crippen LogP contribution in [-0.4, -0.2) is 50.0 Å². The highest BCUT2D eigenvalue weighted by Gasteiger charge is 2.25. The molecule has 0 heterocycles. The van der Waals surface area contributed by atoms with Gasteiger partial charge in [0, 0.05) is 13.1 Å². The maximum Gasteiger partial charge on any atom is 0.119 e. The van der Waals surface area contributed by atoms with Crippen molar-refractivity contribution in [2.75, 3.05) is 33.9 Å². The van der Waals surface area contributed by atoms with E-state index in [0.717, 1.165) is 43.9 Å². The number of likely N-dealkylation sites (N-methyl/N-ethyl adjacent to an activating group) is 1. The Hall–Kier alpha value is -1.26. The molecule has 1 aliphatic rings. The Balaban J connectivity index is 1.66. The summed E-state index contributed by atoms with van der Waals surface area (Å²) in [4.78, 5) is 2.24. The van der Waals surface area contributed by atoms with Gasteiger partial charge in [-0.1, -0.05) is 6.42 Å². The standard InChI is InChI=1S/C16H25NO3/c1-17(12-13-4-3-5-16(13)18)10-11-20-15-8-6-14(19-2)7-9-15/h6-9,13,16,18H,3-5,10-12H2,1-2H3. The fourth-order valence-electron chi connectivity index (χ4n) is 2.71. The van der Waals surface area contributed by atoms with Crippen LogP contribution in [0.4, 0.5) is 0 Å². The number of rotatable bonds is 7. The summed E-state index contributed by atoms with van der Waals surface area (Å²) in [6.07, 6.45) is 3.15. The monoisotopic (exact) mass is 279 g/mol. The summed E-state index contributed by atoms with van der Waals surface area (Å²) in [5.41, 5.74) is 0. The molecule has 4 nitrogen and oxygen atoms in total. The second kappa shape index (κ2) is 7.50. The molecule has 2 rings (SSSR count). The van der Waals surface area contributed by atoms with Crippen LogP contribution in [0.5, 0.6) is 11.5 Å². The molecule has 1 fully saturated rings. The number of nitrogens with zero attached hydrogens (tertiary/aromatic N) is 1. The maximum atomic E-state index is 9.82. The van der Waals surface area contributed by atoms with E-state index in [2.05, 4.69) is 11.9 Å². The zero-order valence-corrected chi connectivity index (χ0v) is 12.4. The van der Waals surface area contributed by atoms with E-state index in [-0.39, 0.29) is 6.10 Å². The molecule has 0 aromatic heterocycles. The van der Waals surface area contributed by atoms with Crippen molar-refractivity contribution < 1.29 is 14.6 Å². The van der Waals surface area contributed by atoms with Gasteiger partial charge in [0.1, 0.15) is 18.1 Å². The average molecular weight is 279 g/mol. The first kappa shape index (κ1) is 15.1. The summed E-state index contributed by atoms with van der Waals surface area (Å²) in [6, 6.07) is 7.63. The lowest BCUT2D eigenvalue weighted by molar-refractivity contribution is 0.105. The van der Waals surface area contributed by atoms with Gasteiger partial charge in [0.2, 0.25) is 0 Å². The molecule has 0 spiro atoms. The van der Waals surface area contributed by atoms with Crippen LogP contribution < -0.4 is 9.47 Å². The minimum absolute atomic E-state index is 0.111. The third kappa shape index (κ3) is 4.39. The van der Waals surface area contributed by atoms with Crippen molar-refractivity contribution in [3.05, 3.63) is 24.3 Å². The molecule has 0 aliphatic heterocycles. The quantitative estimate of drug-likeness (QED) is 0.830. The highest BCUT2D eigenvalue weighted by atomic mass is 16.5. The van der Waals surface area contributed by atoms with Gasteiger partial charge in [0.15, 0.2) is 0 Å². The van der Waals surface area contributed by atoms with Gasteiger partial charge in [0.25, 0.3) is 0 Å². The van der Waals surface area contributed by atoms with Crippen LogP contribution in [0.3, 0.4) is 0 Å². The van der Waals surface area contributed by atoms with Gasteiger partial charge < -0.3 is 19.5 Å². The fourth-order valence-corrected chi connectivity index (χ4v) is 2.71. The third-order valence-electron chi connectivity index (χ3n) is 3.97. The number of aliphatic hydroxyl groups is 1. The van der Waals surface area contributed by atoms with Crippen LogP contribution in [0.1, 0.15) is 19.3 Å². The van der Waals surface area contributed by atoms with Gasteiger partial charge in [-0.05, 0) is 50.1 Å². The number of aliphatic hydroxyl groups excluding tert-OH is 1. The van der Waals surface area contributed by atoms with Crippen LogP contribution in [0.15, 0.2) is 24.3 Å². The van der Waals surface area contributed by atoms with Crippen molar-refractivity contribution >= 4 is 0 Å². The second-order valence-corrected chi connectivity index (χ2v) is 5.54. The van der Waals surface area contributed by atoms with Crippen molar-refractivity contribution in [2.24, 2.45) is 5.92 Å². The molecule has 1 saturated carbocycles. The molecule has 0 bridgehead atoms. The summed E-state index contributed by atoms with van der Waals surface area (Å²) in [5.74, 6) is 2.13. The topological polar surface area (TPSA) is 41.9 Å². The first-order valence-electron chi connectivity index (χ1n) is 7.32. The van der Waals surface area contributed by atoms with E-state index in [1.54, 1.807) is 7.11 Å². The number of hydrogen-bond acceptors (Lipinski definition) is 4. The molecule has 20 heavy (non-hydrogen) atoms. The van der Waals surface area contributed by atoms with Crippen molar-refractivity contribution in [3.8, 4) is 11.5 Å². The molecular weight excluding hydrogens is 254 g/mol. The lowest BCUT2D eigenvalue weighted by Gasteiger charge is -2.23. The molecule has 0 saturated heterocycles. The van der Waals surface area contributed by atoms with Gasteiger partial charge >= 0.3 is 0 Å². The minimum atomic E-state index is -0.111. The highest BCUT2D eigenvalue weighted by molar-refractivity contribution is 5.31. The number of benzene rings is 1. The third-order valence-corrected chi connectivity index (χ3v) is 3.97. The summed E-state index contributed by atoms with van der Waals surface area (Å²) in [6.45, 7) is 2.48. The second-order valence-electron chi connectivity index (χ2n) is 5.54. The van der Waals surface area contributed by atoms with E-state index in [4.69, 9.17) is 9.47 Å². The lowest BCUT2D eigenvalue weighted by Crippen LogP contribution is -2.32. The summed E-state index contributed by atoms with van der Waals surface area (Å²) in [5, 5.41) is 9.82. The highest BCUT2D eigenvalue weighted by Crippen LogP contribution is 2.25. The van der Waals surface area contributed by atoms with E-state index in [0.29, 0.717) is 12.5 Å². The first-order valence-corrected chi connectivity index (χ1v) is 7.32. The lowest BCUT2D eigenvalue weighted by atomic mass is 10.1. The zero-order chi connectivity index (χ0) is 14.4. The zero-order valence-electron chi connectivity index (χ0n) is 12.4.